The molecule has 5 nitrogen and oxygen atoms in total. The van der Waals surface area contributed by atoms with Gasteiger partial charge in [0, 0.05) is 7.11 Å². The number of aromatic nitrogens is 2. The Morgan fingerprint density at radius 1 is 1.47 bits per heavy atom. The number of hydrogen-bond donors (Lipinski definition) is 1. The maximum atomic E-state index is 5.66. The Kier molecular flexibility index (Phi) is 3.82. The van der Waals surface area contributed by atoms with Crippen LogP contribution in [0.4, 0.5) is 0 Å². The third kappa shape index (κ3) is 2.18. The highest BCUT2D eigenvalue weighted by molar-refractivity contribution is 5.02. The molecule has 0 saturated carbocycles. The summed E-state index contributed by atoms with van der Waals surface area (Å²) in [5, 5.41) is 3.93. The van der Waals surface area contributed by atoms with Gasteiger partial charge in [0.1, 0.15) is 5.60 Å². The highest BCUT2D eigenvalue weighted by Gasteiger charge is 2.33. The number of rotatable bonds is 5. The second-order valence-corrected chi connectivity index (χ2v) is 3.65. The van der Waals surface area contributed by atoms with Crippen LogP contribution in [0.25, 0.3) is 0 Å². The smallest absolute Gasteiger partial charge is 0.243 e. The van der Waals surface area contributed by atoms with Gasteiger partial charge in [-0.15, -0.1) is 0 Å². The van der Waals surface area contributed by atoms with Gasteiger partial charge < -0.3 is 15.0 Å². The molecule has 0 spiro atoms. The van der Waals surface area contributed by atoms with Gasteiger partial charge in [0.05, 0.1) is 6.04 Å². The van der Waals surface area contributed by atoms with Crippen LogP contribution in [0, 0.1) is 0 Å². The van der Waals surface area contributed by atoms with E-state index in [2.05, 4.69) is 10.1 Å². The topological polar surface area (TPSA) is 74.2 Å². The Bertz CT molecular complexity index is 297. The summed E-state index contributed by atoms with van der Waals surface area (Å²) in [6.45, 7) is 5.88. The third-order valence-electron chi connectivity index (χ3n) is 2.77. The molecule has 1 rings (SSSR count). The van der Waals surface area contributed by atoms with Gasteiger partial charge >= 0.3 is 0 Å². The molecule has 1 aromatic heterocycles. The van der Waals surface area contributed by atoms with Gasteiger partial charge in [-0.2, -0.15) is 4.98 Å². The molecule has 0 bridgehead atoms. The number of hydrogen-bond acceptors (Lipinski definition) is 5. The van der Waals surface area contributed by atoms with Crippen molar-refractivity contribution in [2.24, 2.45) is 5.73 Å². The van der Waals surface area contributed by atoms with E-state index in [1.165, 1.54) is 0 Å². The van der Waals surface area contributed by atoms with Crippen molar-refractivity contribution in [2.75, 3.05) is 7.11 Å². The van der Waals surface area contributed by atoms with E-state index in [-0.39, 0.29) is 6.04 Å². The first-order valence-corrected chi connectivity index (χ1v) is 5.24. The average Bonchev–Trinajstić information content (AvgIpc) is 2.71. The molecule has 15 heavy (non-hydrogen) atoms. The average molecular weight is 213 g/mol. The predicted octanol–water partition coefficient (Wildman–Crippen LogP) is 1.75. The Morgan fingerprint density at radius 3 is 2.40 bits per heavy atom. The number of nitrogens with zero attached hydrogens (tertiary/aromatic N) is 2. The molecule has 1 aromatic rings. The minimum atomic E-state index is -0.448. The summed E-state index contributed by atoms with van der Waals surface area (Å²) in [5.41, 5.74) is 5.21. The second-order valence-electron chi connectivity index (χ2n) is 3.65. The van der Waals surface area contributed by atoms with Crippen molar-refractivity contribution in [3.05, 3.63) is 11.7 Å². The van der Waals surface area contributed by atoms with Gasteiger partial charge in [-0.1, -0.05) is 19.0 Å². The molecular weight excluding hydrogens is 194 g/mol. The highest BCUT2D eigenvalue weighted by Crippen LogP contribution is 2.30. The molecule has 0 fully saturated rings. The Hall–Kier alpha value is -0.940. The van der Waals surface area contributed by atoms with Crippen molar-refractivity contribution in [1.29, 1.82) is 0 Å². The maximum Gasteiger partial charge on any atom is 0.243 e. The standard InChI is InChI=1S/C10H19N3O2/c1-5-10(6-2,14-4)9-12-8(7(3)11)15-13-9/h7H,5-6,11H2,1-4H3/t7-/m1/s1. The maximum absolute atomic E-state index is 5.66. The van der Waals surface area contributed by atoms with E-state index in [0.717, 1.165) is 12.8 Å². The molecule has 0 unspecified atom stereocenters. The van der Waals surface area contributed by atoms with Crippen LogP contribution in [-0.4, -0.2) is 17.3 Å². The highest BCUT2D eigenvalue weighted by atomic mass is 16.5. The molecule has 1 heterocycles. The summed E-state index contributed by atoms with van der Waals surface area (Å²) < 4.78 is 10.6. The van der Waals surface area contributed by atoms with E-state index in [1.807, 2.05) is 20.8 Å². The van der Waals surface area contributed by atoms with Crippen molar-refractivity contribution < 1.29 is 9.26 Å². The zero-order valence-corrected chi connectivity index (χ0v) is 9.78. The van der Waals surface area contributed by atoms with E-state index in [4.69, 9.17) is 15.0 Å². The lowest BCUT2D eigenvalue weighted by Crippen LogP contribution is -2.28. The summed E-state index contributed by atoms with van der Waals surface area (Å²) in [6, 6.07) is -0.241. The van der Waals surface area contributed by atoms with Gasteiger partial charge in [0.15, 0.2) is 0 Å². The molecular formula is C10H19N3O2. The summed E-state index contributed by atoms with van der Waals surface area (Å²) in [6.07, 6.45) is 1.61. The minimum absolute atomic E-state index is 0.241. The number of methoxy groups -OCH3 is 1. The van der Waals surface area contributed by atoms with Crippen LogP contribution in [0.15, 0.2) is 4.52 Å². The first-order valence-electron chi connectivity index (χ1n) is 5.24. The fraction of sp³-hybridized carbons (Fsp3) is 0.800. The fourth-order valence-corrected chi connectivity index (χ4v) is 1.55. The van der Waals surface area contributed by atoms with Gasteiger partial charge in [-0.25, -0.2) is 0 Å². The van der Waals surface area contributed by atoms with E-state index < -0.39 is 5.60 Å². The SMILES string of the molecule is CCC(CC)(OC)c1noc([C@@H](C)N)n1. The van der Waals surface area contributed by atoms with Crippen molar-refractivity contribution in [1.82, 2.24) is 10.1 Å². The molecule has 2 N–H and O–H groups in total. The van der Waals surface area contributed by atoms with Crippen molar-refractivity contribution in [2.45, 2.75) is 45.3 Å². The minimum Gasteiger partial charge on any atom is -0.370 e. The number of ether oxygens (including phenoxy) is 1. The lowest BCUT2D eigenvalue weighted by molar-refractivity contribution is -0.0306. The van der Waals surface area contributed by atoms with E-state index >= 15 is 0 Å². The quantitative estimate of drug-likeness (QED) is 0.806. The van der Waals surface area contributed by atoms with Crippen molar-refractivity contribution in [3.63, 3.8) is 0 Å². The van der Waals surface area contributed by atoms with E-state index in [9.17, 15) is 0 Å². The zero-order chi connectivity index (χ0) is 11.5. The Morgan fingerprint density at radius 2 is 2.07 bits per heavy atom. The monoisotopic (exact) mass is 213 g/mol. The normalized spacial score (nSPS) is 14.2. The molecule has 0 aliphatic heterocycles. The molecule has 0 radical (unpaired) electrons. The van der Waals surface area contributed by atoms with Crippen LogP contribution in [-0.2, 0) is 10.3 Å². The first-order chi connectivity index (χ1) is 7.09. The Balaban J connectivity index is 3.01. The molecule has 0 saturated heterocycles. The van der Waals surface area contributed by atoms with Crippen LogP contribution in [0.2, 0.25) is 0 Å². The van der Waals surface area contributed by atoms with Crippen LogP contribution < -0.4 is 5.73 Å². The Labute approximate surface area is 90.0 Å². The third-order valence-corrected chi connectivity index (χ3v) is 2.77. The summed E-state index contributed by atoms with van der Waals surface area (Å²) in [5.74, 6) is 1.04. The lowest BCUT2D eigenvalue weighted by Gasteiger charge is -2.25. The van der Waals surface area contributed by atoms with E-state index in [0.29, 0.717) is 11.7 Å². The lowest BCUT2D eigenvalue weighted by atomic mass is 9.96. The fourth-order valence-electron chi connectivity index (χ4n) is 1.55. The van der Waals surface area contributed by atoms with Gasteiger partial charge in [0.25, 0.3) is 0 Å². The van der Waals surface area contributed by atoms with Gasteiger partial charge in [-0.05, 0) is 19.8 Å². The summed E-state index contributed by atoms with van der Waals surface area (Å²) in [4.78, 5) is 4.27. The van der Waals surface area contributed by atoms with Crippen molar-refractivity contribution in [3.8, 4) is 0 Å². The van der Waals surface area contributed by atoms with Crippen LogP contribution in [0.5, 0.6) is 0 Å². The molecule has 1 atom stereocenters. The summed E-state index contributed by atoms with van der Waals surface area (Å²) in [7, 11) is 1.66. The largest absolute Gasteiger partial charge is 0.370 e. The van der Waals surface area contributed by atoms with E-state index in [1.54, 1.807) is 7.11 Å². The summed E-state index contributed by atoms with van der Waals surface area (Å²) >= 11 is 0. The second kappa shape index (κ2) is 4.72. The van der Waals surface area contributed by atoms with Gasteiger partial charge in [0.2, 0.25) is 11.7 Å². The van der Waals surface area contributed by atoms with Crippen LogP contribution >= 0.6 is 0 Å². The van der Waals surface area contributed by atoms with Crippen LogP contribution in [0.3, 0.4) is 0 Å². The molecule has 0 aliphatic rings. The van der Waals surface area contributed by atoms with Crippen molar-refractivity contribution >= 4 is 0 Å². The number of nitrogens with two attached hydrogens (primary N) is 1. The first kappa shape index (κ1) is 12.1. The molecule has 0 aliphatic carbocycles. The van der Waals surface area contributed by atoms with Crippen LogP contribution in [0.1, 0.15) is 51.4 Å². The molecule has 5 heteroatoms. The zero-order valence-electron chi connectivity index (χ0n) is 9.78. The molecule has 86 valence electrons. The molecule has 0 amide bonds. The van der Waals surface area contributed by atoms with Gasteiger partial charge in [-0.3, -0.25) is 0 Å². The predicted molar refractivity (Wildman–Crippen MR) is 56.2 cm³/mol. The molecule has 0 aromatic carbocycles.